The molecule has 0 bridgehead atoms. The van der Waals surface area contributed by atoms with Crippen LogP contribution in [-0.4, -0.2) is 17.0 Å². The SMILES string of the molecule is CC1(C)CC(C(=O)c2ccc(F)cc2F)C(C)(C)O1. The second-order valence-corrected chi connectivity index (χ2v) is 6.21. The summed E-state index contributed by atoms with van der Waals surface area (Å²) in [5.74, 6) is -2.25. The highest BCUT2D eigenvalue weighted by atomic mass is 19.1. The van der Waals surface area contributed by atoms with Crippen LogP contribution in [0.25, 0.3) is 0 Å². The van der Waals surface area contributed by atoms with Gasteiger partial charge in [-0.2, -0.15) is 0 Å². The summed E-state index contributed by atoms with van der Waals surface area (Å²) < 4.78 is 32.4. The van der Waals surface area contributed by atoms with Crippen molar-refractivity contribution in [2.45, 2.75) is 45.3 Å². The van der Waals surface area contributed by atoms with Gasteiger partial charge in [0.05, 0.1) is 22.7 Å². The fraction of sp³-hybridized carbons (Fsp3) is 0.533. The van der Waals surface area contributed by atoms with Gasteiger partial charge in [-0.25, -0.2) is 8.78 Å². The van der Waals surface area contributed by atoms with Crippen molar-refractivity contribution >= 4 is 5.78 Å². The van der Waals surface area contributed by atoms with Crippen molar-refractivity contribution in [3.05, 3.63) is 35.4 Å². The zero-order chi connectivity index (χ0) is 14.4. The molecule has 0 aliphatic carbocycles. The lowest BCUT2D eigenvalue weighted by Gasteiger charge is -2.26. The summed E-state index contributed by atoms with van der Waals surface area (Å²) in [5.41, 5.74) is -1.14. The van der Waals surface area contributed by atoms with Crippen LogP contribution in [0.2, 0.25) is 0 Å². The molecule has 1 unspecified atom stereocenters. The van der Waals surface area contributed by atoms with Gasteiger partial charge in [0.25, 0.3) is 0 Å². The molecule has 2 nitrogen and oxygen atoms in total. The van der Waals surface area contributed by atoms with Crippen LogP contribution in [0.4, 0.5) is 8.78 Å². The summed E-state index contributed by atoms with van der Waals surface area (Å²) in [4.78, 5) is 12.4. The molecule has 19 heavy (non-hydrogen) atoms. The van der Waals surface area contributed by atoms with Gasteiger partial charge in [0, 0.05) is 6.07 Å². The molecule has 0 saturated carbocycles. The number of rotatable bonds is 2. The van der Waals surface area contributed by atoms with Crippen molar-refractivity contribution < 1.29 is 18.3 Å². The van der Waals surface area contributed by atoms with Crippen molar-refractivity contribution in [1.82, 2.24) is 0 Å². The molecule has 1 aliphatic rings. The van der Waals surface area contributed by atoms with Crippen molar-refractivity contribution in [3.8, 4) is 0 Å². The van der Waals surface area contributed by atoms with E-state index in [-0.39, 0.29) is 11.3 Å². The lowest BCUT2D eigenvalue weighted by Crippen LogP contribution is -2.34. The molecule has 2 rings (SSSR count). The Morgan fingerprint density at radius 3 is 2.37 bits per heavy atom. The Kier molecular flexibility index (Phi) is 3.25. The number of halogens is 2. The maximum atomic E-state index is 13.7. The van der Waals surface area contributed by atoms with Crippen LogP contribution < -0.4 is 0 Å². The Morgan fingerprint density at radius 2 is 1.89 bits per heavy atom. The molecule has 1 fully saturated rings. The minimum atomic E-state index is -0.814. The average molecular weight is 268 g/mol. The van der Waals surface area contributed by atoms with Crippen molar-refractivity contribution in [3.63, 3.8) is 0 Å². The zero-order valence-corrected chi connectivity index (χ0v) is 11.6. The topological polar surface area (TPSA) is 26.3 Å². The van der Waals surface area contributed by atoms with E-state index in [0.29, 0.717) is 6.42 Å². The van der Waals surface area contributed by atoms with Gasteiger partial charge in [0.15, 0.2) is 5.78 Å². The normalized spacial score (nSPS) is 24.4. The molecule has 0 amide bonds. The second kappa shape index (κ2) is 4.37. The monoisotopic (exact) mass is 268 g/mol. The second-order valence-electron chi connectivity index (χ2n) is 6.21. The zero-order valence-electron chi connectivity index (χ0n) is 11.6. The number of ether oxygens (including phenoxy) is 1. The molecule has 104 valence electrons. The lowest BCUT2D eigenvalue weighted by atomic mass is 9.81. The smallest absolute Gasteiger partial charge is 0.171 e. The Bertz CT molecular complexity index is 521. The van der Waals surface area contributed by atoms with Gasteiger partial charge in [-0.15, -0.1) is 0 Å². The van der Waals surface area contributed by atoms with Crippen molar-refractivity contribution in [2.75, 3.05) is 0 Å². The Balaban J connectivity index is 2.34. The molecule has 0 spiro atoms. The first-order valence-electron chi connectivity index (χ1n) is 6.32. The van der Waals surface area contributed by atoms with Crippen LogP contribution in [0.3, 0.4) is 0 Å². The lowest BCUT2D eigenvalue weighted by molar-refractivity contribution is -0.0712. The van der Waals surface area contributed by atoms with Gasteiger partial charge in [-0.05, 0) is 46.2 Å². The number of benzene rings is 1. The van der Waals surface area contributed by atoms with Gasteiger partial charge < -0.3 is 4.74 Å². The van der Waals surface area contributed by atoms with Gasteiger partial charge in [0.2, 0.25) is 0 Å². The Hall–Kier alpha value is -1.29. The number of hydrogen-bond donors (Lipinski definition) is 0. The fourth-order valence-electron chi connectivity index (χ4n) is 2.85. The highest BCUT2D eigenvalue weighted by Crippen LogP contribution is 2.43. The van der Waals surface area contributed by atoms with Crippen LogP contribution >= 0.6 is 0 Å². The third-order valence-electron chi connectivity index (χ3n) is 3.59. The quantitative estimate of drug-likeness (QED) is 0.764. The molecule has 1 aromatic carbocycles. The highest BCUT2D eigenvalue weighted by molar-refractivity contribution is 5.99. The molecule has 1 atom stereocenters. The molecule has 1 aliphatic heterocycles. The van der Waals surface area contributed by atoms with E-state index in [1.54, 1.807) is 0 Å². The molecule has 0 radical (unpaired) electrons. The van der Waals surface area contributed by atoms with E-state index in [1.807, 2.05) is 27.7 Å². The van der Waals surface area contributed by atoms with E-state index >= 15 is 0 Å². The number of carbonyl (C=O) groups excluding carboxylic acids is 1. The van der Waals surface area contributed by atoms with Crippen LogP contribution in [0, 0.1) is 17.6 Å². The molecule has 1 saturated heterocycles. The molecular weight excluding hydrogens is 250 g/mol. The molecule has 4 heteroatoms. The first-order chi connectivity index (χ1) is 8.62. The molecule has 0 aromatic heterocycles. The van der Waals surface area contributed by atoms with E-state index in [4.69, 9.17) is 4.74 Å². The maximum absolute atomic E-state index is 13.7. The summed E-state index contributed by atoms with van der Waals surface area (Å²) in [6, 6.07) is 3.04. The van der Waals surface area contributed by atoms with E-state index < -0.39 is 28.8 Å². The highest BCUT2D eigenvalue weighted by Gasteiger charge is 2.49. The van der Waals surface area contributed by atoms with Crippen LogP contribution in [0.5, 0.6) is 0 Å². The van der Waals surface area contributed by atoms with Gasteiger partial charge in [-0.3, -0.25) is 4.79 Å². The minimum Gasteiger partial charge on any atom is -0.369 e. The van der Waals surface area contributed by atoms with E-state index in [2.05, 4.69) is 0 Å². The minimum absolute atomic E-state index is 0.0687. The number of ketones is 1. The van der Waals surface area contributed by atoms with Crippen LogP contribution in [0.15, 0.2) is 18.2 Å². The van der Waals surface area contributed by atoms with E-state index in [0.717, 1.165) is 12.1 Å². The summed E-state index contributed by atoms with van der Waals surface area (Å²) >= 11 is 0. The van der Waals surface area contributed by atoms with Gasteiger partial charge >= 0.3 is 0 Å². The predicted octanol–water partition coefficient (Wildman–Crippen LogP) is 3.74. The average Bonchev–Trinajstić information content (AvgIpc) is 2.45. The number of Topliss-reactive ketones (excluding diaryl/α,β-unsaturated/α-hetero) is 1. The molecule has 1 aromatic rings. The van der Waals surface area contributed by atoms with Gasteiger partial charge in [0.1, 0.15) is 11.6 Å². The predicted molar refractivity (Wildman–Crippen MR) is 68.0 cm³/mol. The summed E-state index contributed by atoms with van der Waals surface area (Å²) in [6.07, 6.45) is 0.523. The van der Waals surface area contributed by atoms with Crippen molar-refractivity contribution in [2.24, 2.45) is 5.92 Å². The number of carbonyl (C=O) groups is 1. The van der Waals surface area contributed by atoms with E-state index in [1.165, 1.54) is 6.07 Å². The van der Waals surface area contributed by atoms with Gasteiger partial charge in [-0.1, -0.05) is 0 Å². The third-order valence-corrected chi connectivity index (χ3v) is 3.59. The standard InChI is InChI=1S/C15H18F2O2/c1-14(2)8-11(15(3,4)19-14)13(18)10-6-5-9(16)7-12(10)17/h5-7,11H,8H2,1-4H3. The number of hydrogen-bond acceptors (Lipinski definition) is 2. The molecule has 0 N–H and O–H groups in total. The first-order valence-corrected chi connectivity index (χ1v) is 6.32. The summed E-state index contributed by atoms with van der Waals surface area (Å²) in [7, 11) is 0. The Labute approximate surface area is 111 Å². The summed E-state index contributed by atoms with van der Waals surface area (Å²) in [6.45, 7) is 7.46. The van der Waals surface area contributed by atoms with Crippen LogP contribution in [0.1, 0.15) is 44.5 Å². The molecule has 1 heterocycles. The fourth-order valence-corrected chi connectivity index (χ4v) is 2.85. The van der Waals surface area contributed by atoms with Crippen LogP contribution in [-0.2, 0) is 4.74 Å². The largest absolute Gasteiger partial charge is 0.369 e. The summed E-state index contributed by atoms with van der Waals surface area (Å²) in [5, 5.41) is 0. The van der Waals surface area contributed by atoms with E-state index in [9.17, 15) is 13.6 Å². The third kappa shape index (κ3) is 2.68. The first kappa shape index (κ1) is 14.1. The maximum Gasteiger partial charge on any atom is 0.171 e. The van der Waals surface area contributed by atoms with Crippen molar-refractivity contribution in [1.29, 1.82) is 0 Å². The molecular formula is C15H18F2O2. The Morgan fingerprint density at radius 1 is 1.26 bits per heavy atom.